The van der Waals surface area contributed by atoms with Crippen LogP contribution in [0, 0.1) is 6.92 Å². The number of aryl methyl sites for hydroxylation is 1. The van der Waals surface area contributed by atoms with E-state index in [1.165, 1.54) is 5.56 Å². The summed E-state index contributed by atoms with van der Waals surface area (Å²) in [5.74, 6) is 1.42. The summed E-state index contributed by atoms with van der Waals surface area (Å²) in [4.78, 5) is 8.98. The van der Waals surface area contributed by atoms with E-state index in [4.69, 9.17) is 21.1 Å². The lowest BCUT2D eigenvalue weighted by Gasteiger charge is -2.20. The van der Waals surface area contributed by atoms with Gasteiger partial charge in [0.1, 0.15) is 5.15 Å². The molecule has 0 unspecified atom stereocenters. The molecule has 0 spiro atoms. The Morgan fingerprint density at radius 3 is 2.45 bits per heavy atom. The quantitative estimate of drug-likeness (QED) is 0.815. The van der Waals surface area contributed by atoms with Crippen molar-refractivity contribution < 1.29 is 9.47 Å². The van der Waals surface area contributed by atoms with Crippen LogP contribution >= 0.6 is 11.6 Å². The largest absolute Gasteiger partial charge is 0.493 e. The van der Waals surface area contributed by atoms with E-state index in [9.17, 15) is 0 Å². The highest BCUT2D eigenvalue weighted by Gasteiger charge is 2.21. The van der Waals surface area contributed by atoms with Crippen molar-refractivity contribution >= 4 is 17.3 Å². The molecule has 0 saturated heterocycles. The summed E-state index contributed by atoms with van der Waals surface area (Å²) in [6, 6.07) is 7.88. The molecule has 2 heterocycles. The van der Waals surface area contributed by atoms with Gasteiger partial charge in [0.15, 0.2) is 11.5 Å². The smallest absolute Gasteiger partial charge is 0.161 e. The van der Waals surface area contributed by atoms with E-state index >= 15 is 0 Å². The number of hydrogen-bond acceptors (Lipinski definition) is 4. The SMILES string of the molecule is COc1cc2c(cc1OC)C(c1ccc(C)nc1Cl)=NCC2. The van der Waals surface area contributed by atoms with Crippen LogP contribution in [0.15, 0.2) is 29.3 Å². The van der Waals surface area contributed by atoms with Crippen LogP contribution in [0.25, 0.3) is 0 Å². The van der Waals surface area contributed by atoms with E-state index in [0.717, 1.165) is 41.2 Å². The third-order valence-corrected chi connectivity index (χ3v) is 4.05. The van der Waals surface area contributed by atoms with Gasteiger partial charge < -0.3 is 9.47 Å². The number of hydrogen-bond donors (Lipinski definition) is 0. The van der Waals surface area contributed by atoms with Gasteiger partial charge in [0.2, 0.25) is 0 Å². The van der Waals surface area contributed by atoms with Crippen LogP contribution in [0.5, 0.6) is 11.5 Å². The minimum absolute atomic E-state index is 0.474. The molecule has 0 N–H and O–H groups in total. The van der Waals surface area contributed by atoms with E-state index in [1.54, 1.807) is 14.2 Å². The lowest BCUT2D eigenvalue weighted by atomic mass is 9.93. The summed E-state index contributed by atoms with van der Waals surface area (Å²) in [6.07, 6.45) is 0.871. The predicted octanol–water partition coefficient (Wildman–Crippen LogP) is 3.45. The molecule has 1 aromatic heterocycles. The van der Waals surface area contributed by atoms with Crippen molar-refractivity contribution in [1.29, 1.82) is 0 Å². The molecule has 3 rings (SSSR count). The Hall–Kier alpha value is -2.07. The minimum atomic E-state index is 0.474. The number of pyridine rings is 1. The molecular weight excluding hydrogens is 300 g/mol. The first-order valence-electron chi connectivity index (χ1n) is 7.07. The molecule has 1 aliphatic rings. The summed E-state index contributed by atoms with van der Waals surface area (Å²) in [5.41, 5.74) is 4.80. The van der Waals surface area contributed by atoms with Gasteiger partial charge in [-0.25, -0.2) is 4.98 Å². The standard InChI is InChI=1S/C17H17ClN2O2/c1-10-4-5-12(17(18)20-10)16-13-9-15(22-3)14(21-2)8-11(13)6-7-19-16/h4-5,8-9H,6-7H2,1-3H3. The van der Waals surface area contributed by atoms with E-state index in [1.807, 2.05) is 31.2 Å². The van der Waals surface area contributed by atoms with Crippen LogP contribution in [0.1, 0.15) is 22.4 Å². The Labute approximate surface area is 134 Å². The van der Waals surface area contributed by atoms with Crippen LogP contribution < -0.4 is 9.47 Å². The molecule has 1 aliphatic heterocycles. The lowest BCUT2D eigenvalue weighted by Crippen LogP contribution is -2.15. The number of fused-ring (bicyclic) bond motifs is 1. The number of methoxy groups -OCH3 is 2. The number of halogens is 1. The molecule has 22 heavy (non-hydrogen) atoms. The molecule has 5 heteroatoms. The molecule has 0 radical (unpaired) electrons. The summed E-state index contributed by atoms with van der Waals surface area (Å²) in [7, 11) is 3.27. The molecule has 1 aromatic carbocycles. The fourth-order valence-corrected chi connectivity index (χ4v) is 2.94. The number of nitrogens with zero attached hydrogens (tertiary/aromatic N) is 2. The molecule has 4 nitrogen and oxygen atoms in total. The number of aliphatic imine (C=N–C) groups is 1. The van der Waals surface area contributed by atoms with Crippen molar-refractivity contribution in [2.24, 2.45) is 4.99 Å². The van der Waals surface area contributed by atoms with Gasteiger partial charge in [0.25, 0.3) is 0 Å². The van der Waals surface area contributed by atoms with Gasteiger partial charge in [-0.15, -0.1) is 0 Å². The van der Waals surface area contributed by atoms with Gasteiger partial charge in [0.05, 0.1) is 19.9 Å². The maximum atomic E-state index is 6.31. The summed E-state index contributed by atoms with van der Waals surface area (Å²) < 4.78 is 10.8. The van der Waals surface area contributed by atoms with E-state index in [2.05, 4.69) is 9.98 Å². The fourth-order valence-electron chi connectivity index (χ4n) is 2.65. The topological polar surface area (TPSA) is 43.7 Å². The van der Waals surface area contributed by atoms with E-state index < -0.39 is 0 Å². The first-order chi connectivity index (χ1) is 10.6. The second-order valence-corrected chi connectivity index (χ2v) is 5.49. The number of benzene rings is 1. The molecule has 0 aliphatic carbocycles. The molecule has 0 saturated carbocycles. The van der Waals surface area contributed by atoms with E-state index in [-0.39, 0.29) is 0 Å². The zero-order valence-corrected chi connectivity index (χ0v) is 13.6. The summed E-state index contributed by atoms with van der Waals surface area (Å²) >= 11 is 6.31. The number of ether oxygens (including phenoxy) is 2. The molecule has 114 valence electrons. The maximum absolute atomic E-state index is 6.31. The maximum Gasteiger partial charge on any atom is 0.161 e. The number of aromatic nitrogens is 1. The van der Waals surface area contributed by atoms with Gasteiger partial charge >= 0.3 is 0 Å². The second-order valence-electron chi connectivity index (χ2n) is 5.14. The van der Waals surface area contributed by atoms with Crippen molar-refractivity contribution in [1.82, 2.24) is 4.98 Å². The Bertz CT molecular complexity index is 757. The number of rotatable bonds is 3. The highest BCUT2D eigenvalue weighted by Crippen LogP contribution is 2.34. The Morgan fingerprint density at radius 1 is 1.05 bits per heavy atom. The Morgan fingerprint density at radius 2 is 1.77 bits per heavy atom. The van der Waals surface area contributed by atoms with E-state index in [0.29, 0.717) is 10.9 Å². The molecule has 0 amide bonds. The van der Waals surface area contributed by atoms with Crippen molar-refractivity contribution in [2.75, 3.05) is 20.8 Å². The van der Waals surface area contributed by atoms with Crippen LogP contribution in [0.3, 0.4) is 0 Å². The minimum Gasteiger partial charge on any atom is -0.493 e. The monoisotopic (exact) mass is 316 g/mol. The Kier molecular flexibility index (Phi) is 4.03. The first kappa shape index (κ1) is 14.9. The van der Waals surface area contributed by atoms with Crippen LogP contribution in [0.4, 0.5) is 0 Å². The Balaban J connectivity index is 2.15. The summed E-state index contributed by atoms with van der Waals surface area (Å²) in [5, 5.41) is 0.474. The van der Waals surface area contributed by atoms with Crippen LogP contribution in [-0.4, -0.2) is 31.5 Å². The molecule has 2 aromatic rings. The molecular formula is C17H17ClN2O2. The zero-order chi connectivity index (χ0) is 15.7. The molecule has 0 atom stereocenters. The second kappa shape index (κ2) is 5.97. The zero-order valence-electron chi connectivity index (χ0n) is 12.8. The van der Waals surface area contributed by atoms with Gasteiger partial charge in [-0.3, -0.25) is 4.99 Å². The molecule has 0 bridgehead atoms. The lowest BCUT2D eigenvalue weighted by molar-refractivity contribution is 0.354. The van der Waals surface area contributed by atoms with Crippen molar-refractivity contribution in [3.63, 3.8) is 0 Å². The fraction of sp³-hybridized carbons (Fsp3) is 0.294. The predicted molar refractivity (Wildman–Crippen MR) is 87.7 cm³/mol. The van der Waals surface area contributed by atoms with Crippen LogP contribution in [0.2, 0.25) is 5.15 Å². The van der Waals surface area contributed by atoms with Crippen molar-refractivity contribution in [3.8, 4) is 11.5 Å². The third-order valence-electron chi connectivity index (χ3n) is 3.76. The third kappa shape index (κ3) is 2.55. The summed E-state index contributed by atoms with van der Waals surface area (Å²) in [6.45, 7) is 2.64. The highest BCUT2D eigenvalue weighted by molar-refractivity contribution is 6.34. The van der Waals surface area contributed by atoms with Crippen LogP contribution in [-0.2, 0) is 6.42 Å². The molecule has 0 fully saturated rings. The normalized spacial score (nSPS) is 13.4. The van der Waals surface area contributed by atoms with Crippen molar-refractivity contribution in [2.45, 2.75) is 13.3 Å². The van der Waals surface area contributed by atoms with Gasteiger partial charge in [-0.1, -0.05) is 11.6 Å². The van der Waals surface area contributed by atoms with Gasteiger partial charge in [-0.05, 0) is 43.2 Å². The van der Waals surface area contributed by atoms with Crippen molar-refractivity contribution in [3.05, 3.63) is 51.8 Å². The average molecular weight is 317 g/mol. The first-order valence-corrected chi connectivity index (χ1v) is 7.45. The van der Waals surface area contributed by atoms with Gasteiger partial charge in [-0.2, -0.15) is 0 Å². The average Bonchev–Trinajstić information content (AvgIpc) is 2.53. The highest BCUT2D eigenvalue weighted by atomic mass is 35.5. The van der Waals surface area contributed by atoms with Gasteiger partial charge in [0, 0.05) is 23.4 Å².